The largest absolute Gasteiger partial charge is 0.507 e. The Bertz CT molecular complexity index is 865. The molecule has 0 spiro atoms. The van der Waals surface area contributed by atoms with Gasteiger partial charge >= 0.3 is 0 Å². The molecule has 2 aliphatic rings. The Labute approximate surface area is 171 Å². The molecule has 1 aromatic carbocycles. The molecule has 0 aromatic heterocycles. The quantitative estimate of drug-likeness (QED) is 0.525. The Morgan fingerprint density at radius 2 is 2.17 bits per heavy atom. The Morgan fingerprint density at radius 1 is 1.45 bits per heavy atom. The summed E-state index contributed by atoms with van der Waals surface area (Å²) in [6, 6.07) is 1.72. The molecule has 158 valence electrons. The van der Waals surface area contributed by atoms with E-state index < -0.39 is 17.3 Å². The number of rotatable bonds is 7. The predicted octanol–water partition coefficient (Wildman–Crippen LogP) is 3.44. The van der Waals surface area contributed by atoms with Crippen LogP contribution < -0.4 is 10.1 Å². The van der Waals surface area contributed by atoms with Crippen LogP contribution in [0.15, 0.2) is 23.8 Å². The van der Waals surface area contributed by atoms with Crippen molar-refractivity contribution in [2.45, 2.75) is 77.2 Å². The van der Waals surface area contributed by atoms with E-state index in [4.69, 9.17) is 4.74 Å². The number of fused-ring (bicyclic) bond motifs is 2. The van der Waals surface area contributed by atoms with Crippen molar-refractivity contribution in [2.24, 2.45) is 0 Å². The Hall–Kier alpha value is -2.31. The molecule has 0 aliphatic carbocycles. The monoisotopic (exact) mass is 401 g/mol. The number of amides is 1. The zero-order chi connectivity index (χ0) is 21.4. The number of phenolic OH excluding ortho intramolecular Hbond substituents is 1. The fraction of sp³-hybridized carbons (Fsp3) is 0.522. The minimum absolute atomic E-state index is 0.107. The van der Waals surface area contributed by atoms with E-state index in [9.17, 15) is 20.1 Å². The van der Waals surface area contributed by atoms with Gasteiger partial charge in [-0.05, 0) is 71.6 Å². The molecule has 4 N–H and O–H groups in total. The topological polar surface area (TPSA) is 99.0 Å². The van der Waals surface area contributed by atoms with Crippen molar-refractivity contribution in [3.05, 3.63) is 40.5 Å². The summed E-state index contributed by atoms with van der Waals surface area (Å²) in [5.74, 6) is 0.442. The number of phenols is 1. The molecule has 2 aliphatic heterocycles. The minimum Gasteiger partial charge on any atom is -0.507 e. The third-order valence-electron chi connectivity index (χ3n) is 5.78. The number of carbonyl (C=O) groups is 1. The van der Waals surface area contributed by atoms with E-state index in [0.29, 0.717) is 35.4 Å². The number of aliphatic hydroxyl groups excluding tert-OH is 1. The van der Waals surface area contributed by atoms with Crippen LogP contribution in [0.5, 0.6) is 11.5 Å². The van der Waals surface area contributed by atoms with Gasteiger partial charge in [0.1, 0.15) is 17.1 Å². The molecule has 2 unspecified atom stereocenters. The number of aliphatic hydroxyl groups is 2. The molecule has 1 aromatic rings. The molecular formula is C23H31NO5. The van der Waals surface area contributed by atoms with Crippen LogP contribution in [0.4, 0.5) is 0 Å². The summed E-state index contributed by atoms with van der Waals surface area (Å²) in [4.78, 5) is 11.9. The highest BCUT2D eigenvalue weighted by Gasteiger charge is 2.32. The van der Waals surface area contributed by atoms with Gasteiger partial charge in [0.2, 0.25) is 0 Å². The number of hydrogen-bond donors (Lipinski definition) is 4. The molecule has 0 fully saturated rings. The number of aromatic hydroxyl groups is 1. The molecule has 29 heavy (non-hydrogen) atoms. The van der Waals surface area contributed by atoms with Gasteiger partial charge in [0, 0.05) is 12.1 Å². The lowest BCUT2D eigenvalue weighted by molar-refractivity contribution is -0.0509. The van der Waals surface area contributed by atoms with Gasteiger partial charge in [0.25, 0.3) is 5.91 Å². The fourth-order valence-electron chi connectivity index (χ4n) is 3.70. The molecular weight excluding hydrogens is 370 g/mol. The molecule has 2 atom stereocenters. The Balaban J connectivity index is 1.62. The van der Waals surface area contributed by atoms with E-state index in [2.05, 4.69) is 11.4 Å². The van der Waals surface area contributed by atoms with Gasteiger partial charge in [-0.25, -0.2) is 0 Å². The summed E-state index contributed by atoms with van der Waals surface area (Å²) in [5, 5.41) is 33.0. The summed E-state index contributed by atoms with van der Waals surface area (Å²) in [5.41, 5.74) is 1.24. The zero-order valence-electron chi connectivity index (χ0n) is 17.6. The normalized spacial score (nSPS) is 22.0. The van der Waals surface area contributed by atoms with Gasteiger partial charge in [-0.3, -0.25) is 4.79 Å². The number of ether oxygens (including phenoxy) is 1. The van der Waals surface area contributed by atoms with E-state index in [1.165, 1.54) is 0 Å². The molecule has 0 radical (unpaired) electrons. The third kappa shape index (κ3) is 4.65. The molecule has 0 saturated heterocycles. The van der Waals surface area contributed by atoms with Crippen LogP contribution in [0, 0.1) is 0 Å². The van der Waals surface area contributed by atoms with E-state index in [1.807, 2.05) is 26.0 Å². The van der Waals surface area contributed by atoms with Crippen LogP contribution in [0.1, 0.15) is 74.9 Å². The van der Waals surface area contributed by atoms with Crippen LogP contribution in [0.25, 0.3) is 6.08 Å². The Kier molecular flexibility index (Phi) is 5.79. The third-order valence-corrected chi connectivity index (χ3v) is 5.78. The first kappa shape index (κ1) is 21.4. The maximum Gasteiger partial charge on any atom is 0.252 e. The SMILES string of the molecule is C/C(=C/CCC1(C)C=Cc2c(cc3c(c2O)CNC3=O)O1)CCC(O)C(C)(C)O. The molecule has 1 amide bonds. The molecule has 3 rings (SSSR count). The number of carbonyl (C=O) groups excluding carboxylic acids is 1. The second-order valence-electron chi connectivity index (χ2n) is 8.89. The van der Waals surface area contributed by atoms with Gasteiger partial charge < -0.3 is 25.4 Å². The van der Waals surface area contributed by atoms with E-state index in [1.54, 1.807) is 19.9 Å². The lowest BCUT2D eigenvalue weighted by Crippen LogP contribution is -2.35. The van der Waals surface area contributed by atoms with Gasteiger partial charge in [-0.1, -0.05) is 11.6 Å². The van der Waals surface area contributed by atoms with Crippen molar-refractivity contribution in [1.29, 1.82) is 0 Å². The standard InChI is InChI=1S/C23H31NO5/c1-14(7-8-19(25)22(2,3)28)6-5-10-23(4)11-9-15-18(29-23)12-16-17(20(15)26)13-24-21(16)27/h6,9,11-12,19,25-26,28H,5,7-8,10,13H2,1-4H3,(H,24,27)/b14-6-. The Morgan fingerprint density at radius 3 is 2.86 bits per heavy atom. The summed E-state index contributed by atoms with van der Waals surface area (Å²) in [6.07, 6.45) is 7.95. The molecule has 6 nitrogen and oxygen atoms in total. The number of benzene rings is 1. The lowest BCUT2D eigenvalue weighted by Gasteiger charge is -2.32. The molecule has 2 heterocycles. The first-order valence-electron chi connectivity index (χ1n) is 10.1. The second kappa shape index (κ2) is 7.84. The molecule has 6 heteroatoms. The average molecular weight is 402 g/mol. The summed E-state index contributed by atoms with van der Waals surface area (Å²) in [6.45, 7) is 7.56. The molecule has 0 saturated carbocycles. The zero-order valence-corrected chi connectivity index (χ0v) is 17.6. The minimum atomic E-state index is -1.09. The predicted molar refractivity (Wildman–Crippen MR) is 112 cm³/mol. The highest BCUT2D eigenvalue weighted by atomic mass is 16.5. The van der Waals surface area contributed by atoms with Crippen molar-refractivity contribution in [1.82, 2.24) is 5.32 Å². The second-order valence-corrected chi connectivity index (χ2v) is 8.89. The number of hydrogen-bond acceptors (Lipinski definition) is 5. The van der Waals surface area contributed by atoms with Crippen molar-refractivity contribution >= 4 is 12.0 Å². The highest BCUT2D eigenvalue weighted by molar-refractivity contribution is 6.00. The van der Waals surface area contributed by atoms with Gasteiger partial charge in [0.15, 0.2) is 0 Å². The first-order chi connectivity index (χ1) is 13.5. The van der Waals surface area contributed by atoms with E-state index in [0.717, 1.165) is 24.8 Å². The maximum absolute atomic E-state index is 11.9. The van der Waals surface area contributed by atoms with Gasteiger partial charge in [0.05, 0.1) is 22.8 Å². The average Bonchev–Trinajstić information content (AvgIpc) is 3.00. The summed E-state index contributed by atoms with van der Waals surface area (Å²) >= 11 is 0. The summed E-state index contributed by atoms with van der Waals surface area (Å²) < 4.78 is 6.17. The maximum atomic E-state index is 11.9. The van der Waals surface area contributed by atoms with Gasteiger partial charge in [-0.15, -0.1) is 0 Å². The van der Waals surface area contributed by atoms with Crippen LogP contribution in [0.3, 0.4) is 0 Å². The van der Waals surface area contributed by atoms with E-state index >= 15 is 0 Å². The lowest BCUT2D eigenvalue weighted by atomic mass is 9.92. The van der Waals surface area contributed by atoms with Crippen molar-refractivity contribution in [2.75, 3.05) is 0 Å². The summed E-state index contributed by atoms with van der Waals surface area (Å²) in [7, 11) is 0. The fourth-order valence-corrected chi connectivity index (χ4v) is 3.70. The highest BCUT2D eigenvalue weighted by Crippen LogP contribution is 2.42. The first-order valence-corrected chi connectivity index (χ1v) is 10.1. The van der Waals surface area contributed by atoms with Crippen molar-refractivity contribution in [3.8, 4) is 11.5 Å². The van der Waals surface area contributed by atoms with E-state index in [-0.39, 0.29) is 11.7 Å². The number of nitrogens with one attached hydrogen (secondary N) is 1. The van der Waals surface area contributed by atoms with Crippen LogP contribution in [-0.4, -0.2) is 38.5 Å². The van der Waals surface area contributed by atoms with Gasteiger partial charge in [-0.2, -0.15) is 0 Å². The smallest absolute Gasteiger partial charge is 0.252 e. The van der Waals surface area contributed by atoms with Crippen LogP contribution in [-0.2, 0) is 6.54 Å². The van der Waals surface area contributed by atoms with Crippen molar-refractivity contribution in [3.63, 3.8) is 0 Å². The van der Waals surface area contributed by atoms with Crippen LogP contribution in [0.2, 0.25) is 0 Å². The number of allylic oxidation sites excluding steroid dienone is 2. The molecule has 0 bridgehead atoms. The van der Waals surface area contributed by atoms with Crippen molar-refractivity contribution < 1.29 is 24.9 Å². The van der Waals surface area contributed by atoms with Crippen LogP contribution >= 0.6 is 0 Å².